The normalized spacial score (nSPS) is 26.0. The van der Waals surface area contributed by atoms with Crippen molar-refractivity contribution in [3.05, 3.63) is 23.8 Å². The van der Waals surface area contributed by atoms with E-state index in [9.17, 15) is 0 Å². The lowest BCUT2D eigenvalue weighted by Crippen LogP contribution is -2.51. The van der Waals surface area contributed by atoms with Gasteiger partial charge in [0.1, 0.15) is 0 Å². The average molecular weight is 306 g/mol. The molecule has 0 amide bonds. The number of methoxy groups -OCH3 is 2. The molecule has 22 heavy (non-hydrogen) atoms. The highest BCUT2D eigenvalue weighted by molar-refractivity contribution is 5.42. The molecule has 1 aromatic rings. The molecule has 1 aromatic carbocycles. The van der Waals surface area contributed by atoms with Crippen LogP contribution in [0, 0.1) is 5.92 Å². The van der Waals surface area contributed by atoms with Gasteiger partial charge in [0.05, 0.1) is 14.2 Å². The fraction of sp³-hybridized carbons (Fsp3) is 0.667. The largest absolute Gasteiger partial charge is 0.493 e. The molecule has 1 N–H and O–H groups in total. The van der Waals surface area contributed by atoms with Crippen molar-refractivity contribution in [1.82, 2.24) is 10.2 Å². The van der Waals surface area contributed by atoms with Crippen LogP contribution < -0.4 is 14.8 Å². The summed E-state index contributed by atoms with van der Waals surface area (Å²) in [6, 6.07) is 7.44. The van der Waals surface area contributed by atoms with Gasteiger partial charge in [-0.05, 0) is 57.0 Å². The van der Waals surface area contributed by atoms with Crippen molar-refractivity contribution in [3.63, 3.8) is 0 Å². The first-order valence-electron chi connectivity index (χ1n) is 8.19. The van der Waals surface area contributed by atoms with E-state index in [0.29, 0.717) is 18.0 Å². The third-order valence-electron chi connectivity index (χ3n) is 4.88. The van der Waals surface area contributed by atoms with Gasteiger partial charge in [0.2, 0.25) is 0 Å². The Morgan fingerprint density at radius 1 is 1.18 bits per heavy atom. The predicted molar refractivity (Wildman–Crippen MR) is 90.9 cm³/mol. The Labute approximate surface area is 134 Å². The van der Waals surface area contributed by atoms with Crippen LogP contribution in [0.15, 0.2) is 18.2 Å². The summed E-state index contributed by atoms with van der Waals surface area (Å²) < 4.78 is 10.6. The van der Waals surface area contributed by atoms with Crippen molar-refractivity contribution in [2.24, 2.45) is 5.92 Å². The van der Waals surface area contributed by atoms with Crippen LogP contribution >= 0.6 is 0 Å². The van der Waals surface area contributed by atoms with Gasteiger partial charge in [0, 0.05) is 18.6 Å². The average Bonchev–Trinajstić information content (AvgIpc) is 2.52. The molecule has 1 aliphatic heterocycles. The van der Waals surface area contributed by atoms with E-state index in [1.165, 1.54) is 18.5 Å². The molecule has 1 heterocycles. The van der Waals surface area contributed by atoms with Crippen LogP contribution in [0.25, 0.3) is 0 Å². The first kappa shape index (κ1) is 17.1. The summed E-state index contributed by atoms with van der Waals surface area (Å²) in [7, 11) is 5.57. The number of benzene rings is 1. The second-order valence-corrected chi connectivity index (χ2v) is 6.50. The zero-order chi connectivity index (χ0) is 16.1. The van der Waals surface area contributed by atoms with E-state index in [2.05, 4.69) is 43.2 Å². The molecule has 1 fully saturated rings. The molecular weight excluding hydrogens is 276 g/mol. The number of nitrogens with one attached hydrogen (secondary N) is 1. The SMILES string of the molecule is COc1ccc(CCN[C@H]2C[C@H](C)N(C)C[C@H]2C)cc1OC. The van der Waals surface area contributed by atoms with Gasteiger partial charge in [-0.15, -0.1) is 0 Å². The van der Waals surface area contributed by atoms with E-state index in [-0.39, 0.29) is 0 Å². The van der Waals surface area contributed by atoms with Crippen LogP contribution in [0.1, 0.15) is 25.8 Å². The minimum Gasteiger partial charge on any atom is -0.493 e. The molecule has 0 aromatic heterocycles. The minimum atomic E-state index is 0.617. The fourth-order valence-electron chi connectivity index (χ4n) is 3.26. The van der Waals surface area contributed by atoms with Gasteiger partial charge in [-0.3, -0.25) is 0 Å². The maximum Gasteiger partial charge on any atom is 0.160 e. The fourth-order valence-corrected chi connectivity index (χ4v) is 3.26. The lowest BCUT2D eigenvalue weighted by Gasteiger charge is -2.40. The number of likely N-dealkylation sites (tertiary alicyclic amines) is 1. The lowest BCUT2D eigenvalue weighted by atomic mass is 9.90. The summed E-state index contributed by atoms with van der Waals surface area (Å²) in [5, 5.41) is 3.74. The van der Waals surface area contributed by atoms with E-state index >= 15 is 0 Å². The molecule has 4 heteroatoms. The lowest BCUT2D eigenvalue weighted by molar-refractivity contribution is 0.122. The van der Waals surface area contributed by atoms with Crippen molar-refractivity contribution < 1.29 is 9.47 Å². The standard InChI is InChI=1S/C18H30N2O2/c1-13-12-20(3)14(2)10-16(13)19-9-8-15-6-7-17(21-4)18(11-15)22-5/h6-7,11,13-14,16,19H,8-10,12H2,1-5H3/t13-,14+,16+/m1/s1. The van der Waals surface area contributed by atoms with Crippen molar-refractivity contribution in [1.29, 1.82) is 0 Å². The molecule has 0 aliphatic carbocycles. The maximum absolute atomic E-state index is 5.37. The van der Waals surface area contributed by atoms with Crippen LogP contribution in [0.4, 0.5) is 0 Å². The number of piperidine rings is 1. The van der Waals surface area contributed by atoms with Gasteiger partial charge in [0.15, 0.2) is 11.5 Å². The molecule has 3 atom stereocenters. The Morgan fingerprint density at radius 2 is 1.91 bits per heavy atom. The second kappa shape index (κ2) is 7.84. The molecular formula is C18H30N2O2. The van der Waals surface area contributed by atoms with Crippen LogP contribution in [0.3, 0.4) is 0 Å². The van der Waals surface area contributed by atoms with E-state index < -0.39 is 0 Å². The number of hydrogen-bond acceptors (Lipinski definition) is 4. The Kier molecular flexibility index (Phi) is 6.09. The van der Waals surface area contributed by atoms with Gasteiger partial charge < -0.3 is 19.7 Å². The summed E-state index contributed by atoms with van der Waals surface area (Å²) >= 11 is 0. The predicted octanol–water partition coefficient (Wildman–Crippen LogP) is 2.56. The smallest absolute Gasteiger partial charge is 0.160 e. The van der Waals surface area contributed by atoms with Gasteiger partial charge in [-0.1, -0.05) is 13.0 Å². The third-order valence-corrected chi connectivity index (χ3v) is 4.88. The first-order valence-corrected chi connectivity index (χ1v) is 8.19. The monoisotopic (exact) mass is 306 g/mol. The Bertz CT molecular complexity index is 478. The number of ether oxygens (including phenoxy) is 2. The van der Waals surface area contributed by atoms with E-state index in [0.717, 1.165) is 24.5 Å². The third kappa shape index (κ3) is 4.14. The zero-order valence-electron chi connectivity index (χ0n) is 14.6. The molecule has 2 rings (SSSR count). The Hall–Kier alpha value is -1.26. The number of hydrogen-bond donors (Lipinski definition) is 1. The summed E-state index contributed by atoms with van der Waals surface area (Å²) in [6.07, 6.45) is 2.23. The van der Waals surface area contributed by atoms with Crippen molar-refractivity contribution in [2.75, 3.05) is 34.4 Å². The number of rotatable bonds is 6. The summed E-state index contributed by atoms with van der Waals surface area (Å²) in [4.78, 5) is 2.46. The van der Waals surface area contributed by atoms with Gasteiger partial charge in [-0.25, -0.2) is 0 Å². The van der Waals surface area contributed by atoms with Crippen LogP contribution in [0.5, 0.6) is 11.5 Å². The van der Waals surface area contributed by atoms with Crippen molar-refractivity contribution in [3.8, 4) is 11.5 Å². The maximum atomic E-state index is 5.37. The molecule has 0 radical (unpaired) electrons. The van der Waals surface area contributed by atoms with Crippen LogP contribution in [-0.4, -0.2) is 51.3 Å². The highest BCUT2D eigenvalue weighted by Crippen LogP contribution is 2.27. The zero-order valence-corrected chi connectivity index (χ0v) is 14.6. The van der Waals surface area contributed by atoms with E-state index in [1.807, 2.05) is 6.07 Å². The van der Waals surface area contributed by atoms with Gasteiger partial charge in [-0.2, -0.15) is 0 Å². The van der Waals surface area contributed by atoms with Gasteiger partial charge in [0.25, 0.3) is 0 Å². The molecule has 0 bridgehead atoms. The minimum absolute atomic E-state index is 0.617. The molecule has 0 unspecified atom stereocenters. The molecule has 0 saturated carbocycles. The Morgan fingerprint density at radius 3 is 2.59 bits per heavy atom. The topological polar surface area (TPSA) is 33.7 Å². The van der Waals surface area contributed by atoms with Gasteiger partial charge >= 0.3 is 0 Å². The second-order valence-electron chi connectivity index (χ2n) is 6.50. The highest BCUT2D eigenvalue weighted by atomic mass is 16.5. The number of nitrogens with zero attached hydrogens (tertiary/aromatic N) is 1. The molecule has 1 aliphatic rings. The van der Waals surface area contributed by atoms with Crippen LogP contribution in [0.2, 0.25) is 0 Å². The molecule has 1 saturated heterocycles. The highest BCUT2D eigenvalue weighted by Gasteiger charge is 2.28. The summed E-state index contributed by atoms with van der Waals surface area (Å²) in [5.41, 5.74) is 1.28. The molecule has 0 spiro atoms. The van der Waals surface area contributed by atoms with Crippen LogP contribution in [-0.2, 0) is 6.42 Å². The molecule has 4 nitrogen and oxygen atoms in total. The quantitative estimate of drug-likeness (QED) is 0.876. The van der Waals surface area contributed by atoms with Crippen molar-refractivity contribution in [2.45, 2.75) is 38.8 Å². The van der Waals surface area contributed by atoms with E-state index in [1.54, 1.807) is 14.2 Å². The van der Waals surface area contributed by atoms with E-state index in [4.69, 9.17) is 9.47 Å². The Balaban J connectivity index is 1.86. The molecule has 124 valence electrons. The first-order chi connectivity index (χ1) is 10.5. The summed E-state index contributed by atoms with van der Waals surface area (Å²) in [6.45, 7) is 6.83. The van der Waals surface area contributed by atoms with Crippen molar-refractivity contribution >= 4 is 0 Å². The summed E-state index contributed by atoms with van der Waals surface area (Å²) in [5.74, 6) is 2.30.